The Bertz CT molecular complexity index is 1210. The number of hydrogen-bond donors (Lipinski definition) is 1. The molecule has 6 nitrogen and oxygen atoms in total. The molecule has 0 bridgehead atoms. The Morgan fingerprint density at radius 1 is 1.12 bits per heavy atom. The van der Waals surface area contributed by atoms with Crippen LogP contribution in [0.4, 0.5) is 17.1 Å². The fourth-order valence-electron chi connectivity index (χ4n) is 3.54. The molecule has 0 spiro atoms. The Kier molecular flexibility index (Phi) is 6.23. The second-order valence-electron chi connectivity index (χ2n) is 7.46. The molecule has 0 radical (unpaired) electrons. The average molecular weight is 448 g/mol. The van der Waals surface area contributed by atoms with Gasteiger partial charge in [0.15, 0.2) is 0 Å². The maximum Gasteiger partial charge on any atom is 0.244 e. The van der Waals surface area contributed by atoms with Gasteiger partial charge in [0.25, 0.3) is 0 Å². The molecule has 2 amide bonds. The Morgan fingerprint density at radius 3 is 2.62 bits per heavy atom. The van der Waals surface area contributed by atoms with Crippen LogP contribution in [0.5, 0.6) is 5.75 Å². The van der Waals surface area contributed by atoms with E-state index in [-0.39, 0.29) is 24.8 Å². The van der Waals surface area contributed by atoms with Gasteiger partial charge in [-0.15, -0.1) is 0 Å². The molecule has 162 valence electrons. The molecule has 1 aliphatic heterocycles. The topological polar surface area (TPSA) is 71.0 Å². The van der Waals surface area contributed by atoms with Crippen molar-refractivity contribution in [3.05, 3.63) is 82.9 Å². The van der Waals surface area contributed by atoms with Crippen molar-refractivity contribution < 1.29 is 14.3 Å². The first-order valence-electron chi connectivity index (χ1n) is 10.1. The second kappa shape index (κ2) is 9.24. The summed E-state index contributed by atoms with van der Waals surface area (Å²) in [5, 5.41) is 3.26. The number of nitrogens with zero attached hydrogens (tertiary/aromatic N) is 2. The van der Waals surface area contributed by atoms with Gasteiger partial charge in [-0.05, 0) is 42.8 Å². The van der Waals surface area contributed by atoms with Gasteiger partial charge >= 0.3 is 0 Å². The van der Waals surface area contributed by atoms with E-state index in [9.17, 15) is 9.59 Å². The van der Waals surface area contributed by atoms with Gasteiger partial charge in [-0.25, -0.2) is 0 Å². The van der Waals surface area contributed by atoms with Gasteiger partial charge in [-0.2, -0.15) is 0 Å². The largest absolute Gasteiger partial charge is 0.495 e. The molecule has 3 aromatic carbocycles. The van der Waals surface area contributed by atoms with Crippen molar-refractivity contribution in [3.8, 4) is 5.75 Å². The third kappa shape index (κ3) is 4.65. The molecule has 3 aromatic rings. The molecule has 0 saturated carbocycles. The normalized spacial score (nSPS) is 13.2. The molecule has 1 aliphatic rings. The molecule has 32 heavy (non-hydrogen) atoms. The van der Waals surface area contributed by atoms with E-state index in [2.05, 4.69) is 5.32 Å². The number of nitrogens with one attached hydrogen (secondary N) is 1. The molecule has 0 aliphatic carbocycles. The van der Waals surface area contributed by atoms with E-state index in [1.54, 1.807) is 24.3 Å². The van der Waals surface area contributed by atoms with E-state index in [0.29, 0.717) is 33.5 Å². The number of methoxy groups -OCH3 is 1. The lowest BCUT2D eigenvalue weighted by atomic mass is 10.1. The zero-order valence-corrected chi connectivity index (χ0v) is 18.5. The minimum atomic E-state index is -0.368. The van der Waals surface area contributed by atoms with Crippen LogP contribution in [0.15, 0.2) is 71.7 Å². The van der Waals surface area contributed by atoms with Crippen molar-refractivity contribution in [2.45, 2.75) is 13.3 Å². The number of aryl methyl sites for hydroxylation is 1. The van der Waals surface area contributed by atoms with Gasteiger partial charge in [0.05, 0.1) is 36.3 Å². The number of benzene rings is 3. The van der Waals surface area contributed by atoms with Crippen molar-refractivity contribution in [2.75, 3.05) is 23.9 Å². The summed E-state index contributed by atoms with van der Waals surface area (Å²) in [6.07, 6.45) is 0.0888. The number of ether oxygens (including phenoxy) is 1. The molecule has 0 aromatic heterocycles. The monoisotopic (exact) mass is 447 g/mol. The van der Waals surface area contributed by atoms with Crippen LogP contribution >= 0.6 is 11.6 Å². The lowest BCUT2D eigenvalue weighted by Gasteiger charge is -2.22. The van der Waals surface area contributed by atoms with E-state index in [1.165, 1.54) is 12.0 Å². The minimum absolute atomic E-state index is 0.0888. The first-order chi connectivity index (χ1) is 15.4. The van der Waals surface area contributed by atoms with Crippen molar-refractivity contribution in [2.24, 2.45) is 4.99 Å². The number of rotatable bonds is 5. The summed E-state index contributed by atoms with van der Waals surface area (Å²) in [6, 6.07) is 20.2. The maximum atomic E-state index is 13.2. The van der Waals surface area contributed by atoms with Crippen molar-refractivity contribution in [1.29, 1.82) is 0 Å². The number of halogens is 1. The molecular weight excluding hydrogens is 426 g/mol. The highest BCUT2D eigenvalue weighted by molar-refractivity contribution is 6.31. The quantitative estimate of drug-likeness (QED) is 0.587. The van der Waals surface area contributed by atoms with Gasteiger partial charge < -0.3 is 15.0 Å². The van der Waals surface area contributed by atoms with Gasteiger partial charge in [-0.3, -0.25) is 14.6 Å². The number of anilines is 2. The first kappa shape index (κ1) is 21.6. The van der Waals surface area contributed by atoms with E-state index in [0.717, 1.165) is 11.1 Å². The molecule has 1 heterocycles. The summed E-state index contributed by atoms with van der Waals surface area (Å²) in [7, 11) is 1.51. The highest BCUT2D eigenvalue weighted by Gasteiger charge is 2.27. The van der Waals surface area contributed by atoms with Crippen LogP contribution in [-0.2, 0) is 9.59 Å². The number of aliphatic imine (C=N–C) groups is 1. The minimum Gasteiger partial charge on any atom is -0.495 e. The standard InChI is InChI=1S/C25H22ClN3O3/c1-16-7-9-17(10-8-16)20-14-25(31)29(22-6-4-3-5-19(22)27-20)15-24(30)28-21-13-18(26)11-12-23(21)32-2/h3-13H,14-15H2,1-2H3,(H,28,30). The van der Waals surface area contributed by atoms with Crippen molar-refractivity contribution >= 4 is 46.2 Å². The molecule has 7 heteroatoms. The first-order valence-corrected chi connectivity index (χ1v) is 10.5. The lowest BCUT2D eigenvalue weighted by molar-refractivity contribution is -0.120. The van der Waals surface area contributed by atoms with Crippen molar-refractivity contribution in [3.63, 3.8) is 0 Å². The molecule has 0 atom stereocenters. The molecule has 1 N–H and O–H groups in total. The van der Waals surface area contributed by atoms with Crippen LogP contribution in [-0.4, -0.2) is 31.2 Å². The number of carbonyl (C=O) groups is 2. The summed E-state index contributed by atoms with van der Waals surface area (Å²) < 4.78 is 5.29. The van der Waals surface area contributed by atoms with Crippen LogP contribution < -0.4 is 15.0 Å². The zero-order chi connectivity index (χ0) is 22.7. The van der Waals surface area contributed by atoms with Crippen LogP contribution in [0.2, 0.25) is 5.02 Å². The Morgan fingerprint density at radius 2 is 1.88 bits per heavy atom. The summed E-state index contributed by atoms with van der Waals surface area (Å²) in [4.78, 5) is 32.3. The van der Waals surface area contributed by atoms with Crippen LogP contribution in [0, 0.1) is 6.92 Å². The van der Waals surface area contributed by atoms with E-state index in [4.69, 9.17) is 21.3 Å². The third-order valence-electron chi connectivity index (χ3n) is 5.17. The zero-order valence-electron chi connectivity index (χ0n) is 17.8. The number of para-hydroxylation sites is 2. The second-order valence-corrected chi connectivity index (χ2v) is 7.90. The van der Waals surface area contributed by atoms with Gasteiger partial charge in [-0.1, -0.05) is 53.6 Å². The van der Waals surface area contributed by atoms with E-state index in [1.807, 2.05) is 49.4 Å². The summed E-state index contributed by atoms with van der Waals surface area (Å²) in [6.45, 7) is 1.84. The van der Waals surface area contributed by atoms with Crippen molar-refractivity contribution in [1.82, 2.24) is 0 Å². The fourth-order valence-corrected chi connectivity index (χ4v) is 3.71. The van der Waals surface area contributed by atoms with Crippen LogP contribution in [0.25, 0.3) is 0 Å². The molecule has 4 rings (SSSR count). The molecular formula is C25H22ClN3O3. The van der Waals surface area contributed by atoms with E-state index < -0.39 is 0 Å². The predicted molar refractivity (Wildman–Crippen MR) is 127 cm³/mol. The fraction of sp³-hybridized carbons (Fsp3) is 0.160. The number of carbonyl (C=O) groups excluding carboxylic acids is 2. The smallest absolute Gasteiger partial charge is 0.244 e. The van der Waals surface area contributed by atoms with Gasteiger partial charge in [0.1, 0.15) is 12.3 Å². The summed E-state index contributed by atoms with van der Waals surface area (Å²) >= 11 is 6.06. The number of hydrogen-bond acceptors (Lipinski definition) is 4. The highest BCUT2D eigenvalue weighted by Crippen LogP contribution is 2.33. The number of fused-ring (bicyclic) bond motifs is 1. The summed E-state index contributed by atoms with van der Waals surface area (Å²) in [5.41, 5.74) is 4.35. The maximum absolute atomic E-state index is 13.2. The average Bonchev–Trinajstić information content (AvgIpc) is 2.91. The lowest BCUT2D eigenvalue weighted by Crippen LogP contribution is -2.38. The van der Waals surface area contributed by atoms with Gasteiger partial charge in [0, 0.05) is 5.02 Å². The SMILES string of the molecule is COc1ccc(Cl)cc1NC(=O)CN1C(=O)CC(c2ccc(C)cc2)=Nc2ccccc21. The highest BCUT2D eigenvalue weighted by atomic mass is 35.5. The molecule has 0 unspecified atom stereocenters. The van der Waals surface area contributed by atoms with Gasteiger partial charge in [0.2, 0.25) is 11.8 Å². The Labute approximate surface area is 191 Å². The molecule has 0 fully saturated rings. The third-order valence-corrected chi connectivity index (χ3v) is 5.40. The molecule has 0 saturated heterocycles. The van der Waals surface area contributed by atoms with E-state index >= 15 is 0 Å². The van der Waals surface area contributed by atoms with Crippen LogP contribution in [0.1, 0.15) is 17.5 Å². The Balaban J connectivity index is 1.61. The number of amides is 2. The Hall–Kier alpha value is -3.64. The summed E-state index contributed by atoms with van der Waals surface area (Å²) in [5.74, 6) is -0.0923. The predicted octanol–water partition coefficient (Wildman–Crippen LogP) is 5.15. The van der Waals surface area contributed by atoms with Crippen LogP contribution in [0.3, 0.4) is 0 Å².